The Kier molecular flexibility index (Phi) is 10.6. The van der Waals surface area contributed by atoms with Crippen LogP contribution in [0.3, 0.4) is 0 Å². The third kappa shape index (κ3) is 11.6. The van der Waals surface area contributed by atoms with Gasteiger partial charge in [0, 0.05) is 0 Å². The van der Waals surface area contributed by atoms with Crippen LogP contribution in [0.4, 0.5) is 4.39 Å². The number of halogens is 4. The van der Waals surface area contributed by atoms with E-state index in [4.69, 9.17) is 33.2 Å². The highest BCUT2D eigenvalue weighted by Gasteiger charge is 2.29. The summed E-state index contributed by atoms with van der Waals surface area (Å²) in [5, 5.41) is 0. The van der Waals surface area contributed by atoms with Crippen molar-refractivity contribution >= 4 is 45.2 Å². The summed E-state index contributed by atoms with van der Waals surface area (Å²) < 4.78 is 18.0. The van der Waals surface area contributed by atoms with Gasteiger partial charge in [0.2, 0.25) is 0 Å². The molecule has 0 rings (SSSR count). The summed E-state index contributed by atoms with van der Waals surface area (Å²) in [6.07, 6.45) is 4.55. The number of unbranched alkanes of at least 4 members (excludes halogenated alkanes) is 5. The number of esters is 1. The van der Waals surface area contributed by atoms with E-state index in [9.17, 15) is 9.18 Å². The molecule has 0 radical (unpaired) electrons. The van der Waals surface area contributed by atoms with Gasteiger partial charge in [-0.3, -0.25) is 0 Å². The zero-order chi connectivity index (χ0) is 14.0. The van der Waals surface area contributed by atoms with E-state index in [1.165, 1.54) is 12.8 Å². The Morgan fingerprint density at radius 1 is 1.17 bits per heavy atom. The average Bonchev–Trinajstić information content (AvgIpc) is 2.29. The zero-order valence-electron chi connectivity index (χ0n) is 10.6. The molecule has 0 amide bonds. The van der Waals surface area contributed by atoms with Crippen molar-refractivity contribution < 1.29 is 13.9 Å². The van der Waals surface area contributed by atoms with Crippen LogP contribution in [-0.2, 0) is 9.53 Å². The molecule has 1 unspecified atom stereocenters. The summed E-state index contributed by atoms with van der Waals surface area (Å²) in [6.45, 7) is 2.14. The Balaban J connectivity index is 3.56. The molecule has 0 N–H and O–H groups in total. The first-order valence-electron chi connectivity index (χ1n) is 6.24. The first-order chi connectivity index (χ1) is 8.37. The van der Waals surface area contributed by atoms with Gasteiger partial charge < -0.3 is 4.74 Å². The fourth-order valence-electron chi connectivity index (χ4n) is 1.47. The number of carbonyl (C=O) groups excluding carboxylic acids is 1. The van der Waals surface area contributed by atoms with Crippen LogP contribution in [-0.4, -0.2) is 24.4 Å². The van der Waals surface area contributed by atoms with Gasteiger partial charge in [-0.25, -0.2) is 9.18 Å². The normalized spacial score (nSPS) is 13.4. The van der Waals surface area contributed by atoms with E-state index in [1.54, 1.807) is 0 Å². The lowest BCUT2D eigenvalue weighted by Gasteiger charge is -2.11. The minimum atomic E-state index is -3.01. The number of rotatable bonds is 10. The Hall–Kier alpha value is 0.487. The molecule has 0 saturated heterocycles. The molecule has 0 aromatic carbocycles. The smallest absolute Gasteiger partial charge is 0.378 e. The highest BCUT2D eigenvalue weighted by atomic mass is 35.8. The maximum absolute atomic E-state index is 13.4. The molecule has 18 heavy (non-hydrogen) atoms. The molecular formula is C11H20Cl3FO2Si. The van der Waals surface area contributed by atoms with Gasteiger partial charge in [-0.15, -0.1) is 33.2 Å². The largest absolute Gasteiger partial charge is 0.463 e. The summed E-state index contributed by atoms with van der Waals surface area (Å²) in [7, 11) is 0. The van der Waals surface area contributed by atoms with Crippen LogP contribution in [0.2, 0.25) is 0 Å². The predicted octanol–water partition coefficient (Wildman–Crippen LogP) is 4.81. The number of hydrogen-bond donors (Lipinski definition) is 0. The van der Waals surface area contributed by atoms with Crippen molar-refractivity contribution in [3.8, 4) is 0 Å². The summed E-state index contributed by atoms with van der Waals surface area (Å²) in [6, 6.07) is -3.01. The SMILES string of the molecule is CCCCCCCCC(F)C(=O)OC[Si](Cl)(Cl)Cl. The number of alkyl halides is 1. The van der Waals surface area contributed by atoms with Gasteiger partial charge >= 0.3 is 12.0 Å². The van der Waals surface area contributed by atoms with E-state index in [0.717, 1.165) is 19.3 Å². The Bertz CT molecular complexity index is 237. The van der Waals surface area contributed by atoms with E-state index in [2.05, 4.69) is 11.7 Å². The van der Waals surface area contributed by atoms with Crippen LogP contribution in [0.1, 0.15) is 51.9 Å². The topological polar surface area (TPSA) is 26.3 Å². The first-order valence-corrected chi connectivity index (χ1v) is 11.5. The van der Waals surface area contributed by atoms with Crippen LogP contribution < -0.4 is 0 Å². The van der Waals surface area contributed by atoms with Gasteiger partial charge in [0.15, 0.2) is 6.17 Å². The van der Waals surface area contributed by atoms with Crippen molar-refractivity contribution in [1.29, 1.82) is 0 Å². The second kappa shape index (κ2) is 10.3. The lowest BCUT2D eigenvalue weighted by Crippen LogP contribution is -2.27. The summed E-state index contributed by atoms with van der Waals surface area (Å²) in [5.41, 5.74) is 0. The molecule has 0 aromatic rings. The van der Waals surface area contributed by atoms with Gasteiger partial charge in [-0.05, 0) is 12.8 Å². The minimum Gasteiger partial charge on any atom is -0.463 e. The second-order valence-electron chi connectivity index (χ2n) is 4.25. The molecule has 2 nitrogen and oxygen atoms in total. The Labute approximate surface area is 123 Å². The van der Waals surface area contributed by atoms with E-state index in [0.29, 0.717) is 6.42 Å². The molecule has 0 aliphatic carbocycles. The van der Waals surface area contributed by atoms with Crippen LogP contribution >= 0.6 is 33.2 Å². The number of ether oxygens (including phenoxy) is 1. The van der Waals surface area contributed by atoms with E-state index < -0.39 is 18.1 Å². The van der Waals surface area contributed by atoms with Crippen molar-refractivity contribution in [3.63, 3.8) is 0 Å². The van der Waals surface area contributed by atoms with Crippen molar-refractivity contribution in [2.45, 2.75) is 58.0 Å². The molecule has 1 atom stereocenters. The monoisotopic (exact) mass is 336 g/mol. The lowest BCUT2D eigenvalue weighted by molar-refractivity contribution is -0.147. The summed E-state index contributed by atoms with van der Waals surface area (Å²) in [5.74, 6) is -0.914. The van der Waals surface area contributed by atoms with Gasteiger partial charge in [0.05, 0.1) is 0 Å². The summed E-state index contributed by atoms with van der Waals surface area (Å²) in [4.78, 5) is 11.2. The molecule has 0 bridgehead atoms. The minimum absolute atomic E-state index is 0.187. The highest BCUT2D eigenvalue weighted by Crippen LogP contribution is 2.20. The Morgan fingerprint density at radius 2 is 1.72 bits per heavy atom. The third-order valence-corrected chi connectivity index (χ3v) is 3.90. The van der Waals surface area contributed by atoms with Crippen LogP contribution in [0.25, 0.3) is 0 Å². The van der Waals surface area contributed by atoms with Gasteiger partial charge in [0.1, 0.15) is 6.23 Å². The third-order valence-electron chi connectivity index (χ3n) is 2.44. The van der Waals surface area contributed by atoms with Crippen molar-refractivity contribution in [1.82, 2.24) is 0 Å². The van der Waals surface area contributed by atoms with Crippen LogP contribution in [0.5, 0.6) is 0 Å². The van der Waals surface area contributed by atoms with E-state index in [1.807, 2.05) is 0 Å². The predicted molar refractivity (Wildman–Crippen MR) is 77.2 cm³/mol. The quantitative estimate of drug-likeness (QED) is 0.247. The molecule has 0 aromatic heterocycles. The van der Waals surface area contributed by atoms with Crippen molar-refractivity contribution in [2.24, 2.45) is 0 Å². The molecule has 7 heteroatoms. The highest BCUT2D eigenvalue weighted by molar-refractivity contribution is 7.64. The number of hydrogen-bond acceptors (Lipinski definition) is 2. The molecule has 0 aliphatic heterocycles. The zero-order valence-corrected chi connectivity index (χ0v) is 13.8. The number of carbonyl (C=O) groups is 1. The molecule has 0 fully saturated rings. The molecule has 108 valence electrons. The molecular weight excluding hydrogens is 318 g/mol. The standard InChI is InChI=1S/C11H20Cl3FO2Si/c1-2-3-4-5-6-7-8-10(15)11(16)17-9-18(12,13)14/h10H,2-9H2,1H3. The van der Waals surface area contributed by atoms with Gasteiger partial charge in [0.25, 0.3) is 0 Å². The fourth-order valence-corrected chi connectivity index (χ4v) is 2.26. The maximum Gasteiger partial charge on any atom is 0.378 e. The molecule has 0 saturated carbocycles. The average molecular weight is 338 g/mol. The van der Waals surface area contributed by atoms with E-state index in [-0.39, 0.29) is 12.7 Å². The van der Waals surface area contributed by atoms with E-state index >= 15 is 0 Å². The fraction of sp³-hybridized carbons (Fsp3) is 0.909. The van der Waals surface area contributed by atoms with Crippen molar-refractivity contribution in [2.75, 3.05) is 6.23 Å². The van der Waals surface area contributed by atoms with Crippen molar-refractivity contribution in [3.05, 3.63) is 0 Å². The molecule has 0 aliphatic rings. The summed E-state index contributed by atoms with van der Waals surface area (Å²) >= 11 is 16.6. The first kappa shape index (κ1) is 18.5. The lowest BCUT2D eigenvalue weighted by atomic mass is 10.1. The van der Waals surface area contributed by atoms with Crippen LogP contribution in [0, 0.1) is 0 Å². The molecule has 0 heterocycles. The maximum atomic E-state index is 13.4. The van der Waals surface area contributed by atoms with Gasteiger partial charge in [-0.2, -0.15) is 0 Å². The van der Waals surface area contributed by atoms with Crippen LogP contribution in [0.15, 0.2) is 0 Å². The molecule has 0 spiro atoms. The van der Waals surface area contributed by atoms with Gasteiger partial charge in [-0.1, -0.05) is 39.0 Å². The Morgan fingerprint density at radius 3 is 2.28 bits per heavy atom. The second-order valence-corrected chi connectivity index (χ2v) is 13.3.